The van der Waals surface area contributed by atoms with Crippen LogP contribution in [0.2, 0.25) is 0 Å². The molecular weight excluding hydrogens is 316 g/mol. The van der Waals surface area contributed by atoms with Gasteiger partial charge in [-0.15, -0.1) is 0 Å². The SMILES string of the molecule is O=C(COC1CCCCC1)Nc1ncccc1OCC1CCCCC1. The molecule has 2 fully saturated rings. The van der Waals surface area contributed by atoms with Gasteiger partial charge in [-0.05, 0) is 43.7 Å². The first kappa shape index (κ1) is 18.2. The van der Waals surface area contributed by atoms with Crippen LogP contribution in [0.25, 0.3) is 0 Å². The highest BCUT2D eigenvalue weighted by Crippen LogP contribution is 2.27. The molecule has 0 radical (unpaired) electrons. The topological polar surface area (TPSA) is 60.5 Å². The van der Waals surface area contributed by atoms with Crippen LogP contribution in [0.1, 0.15) is 64.2 Å². The van der Waals surface area contributed by atoms with Gasteiger partial charge < -0.3 is 14.8 Å². The molecule has 5 heteroatoms. The number of nitrogens with zero attached hydrogens (tertiary/aromatic N) is 1. The van der Waals surface area contributed by atoms with Gasteiger partial charge in [0.05, 0.1) is 12.7 Å². The van der Waals surface area contributed by atoms with E-state index in [0.29, 0.717) is 24.1 Å². The minimum atomic E-state index is -0.160. The van der Waals surface area contributed by atoms with Crippen molar-refractivity contribution in [2.45, 2.75) is 70.3 Å². The number of ether oxygens (including phenoxy) is 2. The zero-order chi connectivity index (χ0) is 17.3. The Morgan fingerprint density at radius 1 is 1.08 bits per heavy atom. The second kappa shape index (κ2) is 9.76. The molecule has 0 aromatic carbocycles. The summed E-state index contributed by atoms with van der Waals surface area (Å²) >= 11 is 0. The summed E-state index contributed by atoms with van der Waals surface area (Å²) in [6.07, 6.45) is 14.1. The zero-order valence-corrected chi connectivity index (χ0v) is 15.0. The molecule has 0 unspecified atom stereocenters. The Balaban J connectivity index is 1.46. The Bertz CT molecular complexity index is 537. The van der Waals surface area contributed by atoms with Crippen molar-refractivity contribution in [1.82, 2.24) is 4.98 Å². The third-order valence-electron chi connectivity index (χ3n) is 5.23. The number of hydrogen-bond acceptors (Lipinski definition) is 4. The van der Waals surface area contributed by atoms with Crippen LogP contribution in [0.15, 0.2) is 18.3 Å². The second-order valence-corrected chi connectivity index (χ2v) is 7.28. The van der Waals surface area contributed by atoms with E-state index < -0.39 is 0 Å². The Hall–Kier alpha value is -1.62. The molecule has 1 aromatic rings. The maximum Gasteiger partial charge on any atom is 0.251 e. The van der Waals surface area contributed by atoms with Crippen molar-refractivity contribution in [2.24, 2.45) is 5.92 Å². The van der Waals surface area contributed by atoms with Gasteiger partial charge in [0.25, 0.3) is 5.91 Å². The second-order valence-electron chi connectivity index (χ2n) is 7.28. The predicted octanol–water partition coefficient (Wildman–Crippen LogP) is 4.33. The van der Waals surface area contributed by atoms with Gasteiger partial charge in [-0.1, -0.05) is 38.5 Å². The Kier molecular flexibility index (Phi) is 7.10. The Labute approximate surface area is 150 Å². The van der Waals surface area contributed by atoms with Gasteiger partial charge in [-0.3, -0.25) is 4.79 Å². The molecule has 1 amide bonds. The molecule has 3 rings (SSSR count). The average molecular weight is 346 g/mol. The summed E-state index contributed by atoms with van der Waals surface area (Å²) in [5.74, 6) is 1.61. The molecule has 0 aliphatic heterocycles. The van der Waals surface area contributed by atoms with Crippen molar-refractivity contribution in [3.63, 3.8) is 0 Å². The standard InChI is InChI=1S/C20H30N2O3/c23-19(15-24-17-10-5-2-6-11-17)22-20-18(12-7-13-21-20)25-14-16-8-3-1-4-9-16/h7,12-13,16-17H,1-6,8-11,14-15H2,(H,21,22,23). The molecule has 1 aromatic heterocycles. The van der Waals surface area contributed by atoms with E-state index in [1.807, 2.05) is 12.1 Å². The lowest BCUT2D eigenvalue weighted by Crippen LogP contribution is -2.25. The van der Waals surface area contributed by atoms with Crippen LogP contribution in [0.4, 0.5) is 5.82 Å². The van der Waals surface area contributed by atoms with Crippen LogP contribution >= 0.6 is 0 Å². The van der Waals surface area contributed by atoms with Crippen molar-refractivity contribution >= 4 is 11.7 Å². The third kappa shape index (κ3) is 5.99. The number of rotatable bonds is 7. The van der Waals surface area contributed by atoms with E-state index in [-0.39, 0.29) is 18.6 Å². The predicted molar refractivity (Wildman–Crippen MR) is 97.8 cm³/mol. The van der Waals surface area contributed by atoms with Crippen molar-refractivity contribution in [3.8, 4) is 5.75 Å². The van der Waals surface area contributed by atoms with E-state index in [2.05, 4.69) is 10.3 Å². The largest absolute Gasteiger partial charge is 0.489 e. The van der Waals surface area contributed by atoms with Gasteiger partial charge in [0, 0.05) is 6.20 Å². The highest BCUT2D eigenvalue weighted by atomic mass is 16.5. The fourth-order valence-electron chi connectivity index (χ4n) is 3.76. The molecule has 0 atom stereocenters. The molecule has 1 N–H and O–H groups in total. The normalized spacial score (nSPS) is 19.5. The van der Waals surface area contributed by atoms with Crippen LogP contribution in [-0.4, -0.2) is 30.2 Å². The van der Waals surface area contributed by atoms with Crippen LogP contribution in [0.3, 0.4) is 0 Å². The number of anilines is 1. The van der Waals surface area contributed by atoms with E-state index in [9.17, 15) is 4.79 Å². The van der Waals surface area contributed by atoms with Gasteiger partial charge in [0.2, 0.25) is 0 Å². The van der Waals surface area contributed by atoms with E-state index in [0.717, 1.165) is 12.8 Å². The van der Waals surface area contributed by atoms with E-state index in [4.69, 9.17) is 9.47 Å². The first-order valence-corrected chi connectivity index (χ1v) is 9.80. The molecule has 2 aliphatic carbocycles. The molecule has 2 aliphatic rings. The molecule has 0 bridgehead atoms. The number of carbonyl (C=O) groups is 1. The van der Waals surface area contributed by atoms with Gasteiger partial charge in [-0.2, -0.15) is 0 Å². The van der Waals surface area contributed by atoms with Crippen molar-refractivity contribution in [2.75, 3.05) is 18.5 Å². The fourth-order valence-corrected chi connectivity index (χ4v) is 3.76. The Morgan fingerprint density at radius 3 is 2.56 bits per heavy atom. The Morgan fingerprint density at radius 2 is 1.80 bits per heavy atom. The molecule has 0 saturated heterocycles. The molecule has 0 spiro atoms. The number of aromatic nitrogens is 1. The van der Waals surface area contributed by atoms with Crippen molar-refractivity contribution in [3.05, 3.63) is 18.3 Å². The lowest BCUT2D eigenvalue weighted by Gasteiger charge is -2.22. The summed E-state index contributed by atoms with van der Waals surface area (Å²) in [6.45, 7) is 0.788. The van der Waals surface area contributed by atoms with Crippen molar-refractivity contribution in [1.29, 1.82) is 0 Å². The lowest BCUT2D eigenvalue weighted by atomic mass is 9.90. The zero-order valence-electron chi connectivity index (χ0n) is 15.0. The van der Waals surface area contributed by atoms with Gasteiger partial charge in [0.15, 0.2) is 11.6 Å². The van der Waals surface area contributed by atoms with Crippen LogP contribution in [-0.2, 0) is 9.53 Å². The van der Waals surface area contributed by atoms with Crippen LogP contribution < -0.4 is 10.1 Å². The van der Waals surface area contributed by atoms with Crippen molar-refractivity contribution < 1.29 is 14.3 Å². The monoisotopic (exact) mass is 346 g/mol. The highest BCUT2D eigenvalue weighted by Gasteiger charge is 2.18. The van der Waals surface area contributed by atoms with Gasteiger partial charge >= 0.3 is 0 Å². The number of carbonyl (C=O) groups excluding carboxylic acids is 1. The number of hydrogen-bond donors (Lipinski definition) is 1. The van der Waals surface area contributed by atoms with Crippen LogP contribution in [0, 0.1) is 5.92 Å². The molecule has 138 valence electrons. The first-order chi connectivity index (χ1) is 12.3. The fraction of sp³-hybridized carbons (Fsp3) is 0.700. The summed E-state index contributed by atoms with van der Waals surface area (Å²) in [6, 6.07) is 3.71. The summed E-state index contributed by atoms with van der Waals surface area (Å²) in [7, 11) is 0. The molecule has 1 heterocycles. The van der Waals surface area contributed by atoms with Crippen LogP contribution in [0.5, 0.6) is 5.75 Å². The first-order valence-electron chi connectivity index (χ1n) is 9.80. The van der Waals surface area contributed by atoms with Gasteiger partial charge in [-0.25, -0.2) is 4.98 Å². The van der Waals surface area contributed by atoms with E-state index in [1.54, 1.807) is 6.20 Å². The maximum atomic E-state index is 12.2. The average Bonchev–Trinajstić information content (AvgIpc) is 2.67. The molecule has 2 saturated carbocycles. The van der Waals surface area contributed by atoms with Gasteiger partial charge in [0.1, 0.15) is 6.61 Å². The molecule has 25 heavy (non-hydrogen) atoms. The summed E-state index contributed by atoms with van der Waals surface area (Å²) in [4.78, 5) is 16.4. The minimum absolute atomic E-state index is 0.0866. The molecular formula is C20H30N2O3. The smallest absolute Gasteiger partial charge is 0.251 e. The van der Waals surface area contributed by atoms with E-state index in [1.165, 1.54) is 51.4 Å². The summed E-state index contributed by atoms with van der Waals surface area (Å²) in [5.41, 5.74) is 0. The number of nitrogens with one attached hydrogen (secondary N) is 1. The van der Waals surface area contributed by atoms with E-state index >= 15 is 0 Å². The summed E-state index contributed by atoms with van der Waals surface area (Å²) in [5, 5.41) is 2.84. The summed E-state index contributed by atoms with van der Waals surface area (Å²) < 4.78 is 11.7. The number of amides is 1. The molecule has 5 nitrogen and oxygen atoms in total. The highest BCUT2D eigenvalue weighted by molar-refractivity contribution is 5.92. The lowest BCUT2D eigenvalue weighted by molar-refractivity contribution is -0.123. The third-order valence-corrected chi connectivity index (χ3v) is 5.23. The minimum Gasteiger partial charge on any atom is -0.489 e. The number of pyridine rings is 1. The quantitative estimate of drug-likeness (QED) is 0.798. The maximum absolute atomic E-state index is 12.2.